The topological polar surface area (TPSA) is 12.0 Å². The Kier molecular flexibility index (Phi) is 6.75. The molecule has 8 aromatic rings. The smallest absolute Gasteiger partial charge is 0.0463 e. The summed E-state index contributed by atoms with van der Waals surface area (Å²) in [5.74, 6) is 0. The molecule has 1 nitrogen and oxygen atoms in total. The summed E-state index contributed by atoms with van der Waals surface area (Å²) in [6.45, 7) is 0. The van der Waals surface area contributed by atoms with Crippen LogP contribution in [0.25, 0.3) is 64.7 Å². The number of thiophene rings is 1. The molecule has 0 unspecified atom stereocenters. The van der Waals surface area contributed by atoms with Crippen molar-refractivity contribution in [3.63, 3.8) is 0 Å². The lowest BCUT2D eigenvalue weighted by Gasteiger charge is -2.14. The van der Waals surface area contributed by atoms with Gasteiger partial charge in [0.05, 0.1) is 0 Å². The molecule has 208 valence electrons. The Balaban J connectivity index is 1.14. The van der Waals surface area contributed by atoms with Crippen LogP contribution >= 0.6 is 11.3 Å². The molecule has 0 amide bonds. The van der Waals surface area contributed by atoms with Crippen molar-refractivity contribution >= 4 is 42.9 Å². The molecule has 44 heavy (non-hydrogen) atoms. The van der Waals surface area contributed by atoms with E-state index in [0.717, 1.165) is 11.4 Å². The summed E-state index contributed by atoms with van der Waals surface area (Å²) in [6, 6.07) is 60.9. The highest BCUT2D eigenvalue weighted by Crippen LogP contribution is 2.41. The fourth-order valence-corrected chi connectivity index (χ4v) is 7.34. The number of hydrogen-bond donors (Lipinski definition) is 1. The fourth-order valence-electron chi connectivity index (χ4n) is 6.11. The second-order valence-electron chi connectivity index (χ2n) is 11.1. The first-order valence-electron chi connectivity index (χ1n) is 14.9. The second kappa shape index (κ2) is 11.3. The van der Waals surface area contributed by atoms with Crippen LogP contribution in [0.15, 0.2) is 170 Å². The number of fused-ring (bicyclic) bond motifs is 3. The fraction of sp³-hybridized carbons (Fsp3) is 0. The average Bonchev–Trinajstić information content (AvgIpc) is 3.48. The quantitative estimate of drug-likeness (QED) is 0.207. The highest BCUT2D eigenvalue weighted by Gasteiger charge is 2.12. The molecular weight excluding hydrogens is 551 g/mol. The van der Waals surface area contributed by atoms with Crippen LogP contribution in [0.5, 0.6) is 0 Å². The van der Waals surface area contributed by atoms with Gasteiger partial charge in [-0.1, -0.05) is 127 Å². The van der Waals surface area contributed by atoms with Crippen molar-refractivity contribution in [2.24, 2.45) is 0 Å². The summed E-state index contributed by atoms with van der Waals surface area (Å²) in [5, 5.41) is 6.26. The van der Waals surface area contributed by atoms with Crippen LogP contribution in [0.3, 0.4) is 0 Å². The van der Waals surface area contributed by atoms with Gasteiger partial charge in [-0.05, 0) is 81.4 Å². The summed E-state index contributed by atoms with van der Waals surface area (Å²) < 4.78 is 2.68. The van der Waals surface area contributed by atoms with Crippen molar-refractivity contribution in [1.82, 2.24) is 0 Å². The van der Waals surface area contributed by atoms with E-state index in [2.05, 4.69) is 169 Å². The molecule has 0 saturated carbocycles. The van der Waals surface area contributed by atoms with Crippen LogP contribution in [-0.4, -0.2) is 0 Å². The lowest BCUT2D eigenvalue weighted by Crippen LogP contribution is -1.93. The first-order valence-corrected chi connectivity index (χ1v) is 15.7. The predicted octanol–water partition coefficient (Wildman–Crippen LogP) is 12.5. The van der Waals surface area contributed by atoms with E-state index in [9.17, 15) is 0 Å². The maximum Gasteiger partial charge on any atom is 0.0463 e. The molecule has 0 saturated heterocycles. The van der Waals surface area contributed by atoms with E-state index in [1.54, 1.807) is 0 Å². The maximum absolute atomic E-state index is 3.60. The van der Waals surface area contributed by atoms with Gasteiger partial charge in [0.1, 0.15) is 0 Å². The summed E-state index contributed by atoms with van der Waals surface area (Å²) >= 11 is 1.88. The van der Waals surface area contributed by atoms with Gasteiger partial charge in [-0.3, -0.25) is 0 Å². The highest BCUT2D eigenvalue weighted by molar-refractivity contribution is 7.26. The molecule has 0 fully saturated rings. The monoisotopic (exact) mass is 579 g/mol. The molecule has 0 bridgehead atoms. The molecule has 0 radical (unpaired) electrons. The SMILES string of the molecule is c1ccc(Nc2ccccc2-c2cccc(-c3cccc(-c4cccc(-c5cccc6c5sc5ccccc56)c4)c3)c2)cc1. The lowest BCUT2D eigenvalue weighted by molar-refractivity contribution is 1.53. The molecular formula is C42H29NS. The van der Waals surface area contributed by atoms with Gasteiger partial charge in [0.25, 0.3) is 0 Å². The van der Waals surface area contributed by atoms with Gasteiger partial charge in [-0.15, -0.1) is 11.3 Å². The average molecular weight is 580 g/mol. The third-order valence-corrected chi connectivity index (χ3v) is 9.48. The Bertz CT molecular complexity index is 2260. The number of para-hydroxylation sites is 2. The Hall–Kier alpha value is -5.44. The lowest BCUT2D eigenvalue weighted by atomic mass is 9.94. The third-order valence-electron chi connectivity index (χ3n) is 8.26. The molecule has 8 rings (SSSR count). The van der Waals surface area contributed by atoms with Crippen molar-refractivity contribution in [1.29, 1.82) is 0 Å². The second-order valence-corrected chi connectivity index (χ2v) is 12.1. The predicted molar refractivity (Wildman–Crippen MR) is 191 cm³/mol. The number of hydrogen-bond acceptors (Lipinski definition) is 2. The molecule has 0 aliphatic rings. The highest BCUT2D eigenvalue weighted by atomic mass is 32.1. The van der Waals surface area contributed by atoms with Crippen LogP contribution in [0.1, 0.15) is 0 Å². The number of anilines is 2. The maximum atomic E-state index is 3.60. The third kappa shape index (κ3) is 4.96. The summed E-state index contributed by atoms with van der Waals surface area (Å²) in [6.07, 6.45) is 0. The Labute approximate surface area is 261 Å². The van der Waals surface area contributed by atoms with E-state index < -0.39 is 0 Å². The van der Waals surface area contributed by atoms with Gasteiger partial charge >= 0.3 is 0 Å². The van der Waals surface area contributed by atoms with Gasteiger partial charge in [0, 0.05) is 37.1 Å². The van der Waals surface area contributed by atoms with Crippen molar-refractivity contribution in [3.05, 3.63) is 170 Å². The summed E-state index contributed by atoms with van der Waals surface area (Å²) in [5.41, 5.74) is 11.9. The molecule has 0 aliphatic carbocycles. The molecule has 1 N–H and O–H groups in total. The molecule has 1 heterocycles. The van der Waals surface area contributed by atoms with Crippen LogP contribution < -0.4 is 5.32 Å². The zero-order valence-electron chi connectivity index (χ0n) is 24.1. The van der Waals surface area contributed by atoms with Crippen molar-refractivity contribution in [2.45, 2.75) is 0 Å². The Morgan fingerprint density at radius 3 is 1.59 bits per heavy atom. The van der Waals surface area contributed by atoms with Crippen molar-refractivity contribution < 1.29 is 0 Å². The first kappa shape index (κ1) is 26.2. The zero-order chi connectivity index (χ0) is 29.3. The molecule has 2 heteroatoms. The summed E-state index contributed by atoms with van der Waals surface area (Å²) in [4.78, 5) is 0. The van der Waals surface area contributed by atoms with E-state index >= 15 is 0 Å². The standard InChI is InChI=1S/C42H29NS/c1-2-18-35(19-3-1)43-40-24-6-4-20-36(40)33-16-9-14-31(27-33)29-12-8-13-30(26-29)32-15-10-17-34(28-32)37-22-11-23-39-38-21-5-7-25-41(38)44-42(37)39/h1-28,43H. The van der Waals surface area contributed by atoms with E-state index in [1.165, 1.54) is 64.7 Å². The van der Waals surface area contributed by atoms with Crippen molar-refractivity contribution in [2.75, 3.05) is 5.32 Å². The van der Waals surface area contributed by atoms with E-state index in [0.29, 0.717) is 0 Å². The van der Waals surface area contributed by atoms with E-state index in [4.69, 9.17) is 0 Å². The van der Waals surface area contributed by atoms with Crippen LogP contribution in [0, 0.1) is 0 Å². The van der Waals surface area contributed by atoms with Gasteiger partial charge in [-0.2, -0.15) is 0 Å². The van der Waals surface area contributed by atoms with E-state index in [1.807, 2.05) is 17.4 Å². The zero-order valence-corrected chi connectivity index (χ0v) is 24.9. The minimum atomic E-state index is 1.08. The number of nitrogens with one attached hydrogen (secondary N) is 1. The first-order chi connectivity index (χ1) is 21.8. The largest absolute Gasteiger partial charge is 0.355 e. The minimum absolute atomic E-state index is 1.08. The molecule has 0 atom stereocenters. The number of rotatable bonds is 6. The normalized spacial score (nSPS) is 11.2. The van der Waals surface area contributed by atoms with Gasteiger partial charge in [-0.25, -0.2) is 0 Å². The van der Waals surface area contributed by atoms with Crippen LogP contribution in [0.4, 0.5) is 11.4 Å². The van der Waals surface area contributed by atoms with Gasteiger partial charge in [0.2, 0.25) is 0 Å². The van der Waals surface area contributed by atoms with Crippen LogP contribution in [-0.2, 0) is 0 Å². The molecule has 0 spiro atoms. The molecule has 1 aromatic heterocycles. The van der Waals surface area contributed by atoms with Crippen LogP contribution in [0.2, 0.25) is 0 Å². The minimum Gasteiger partial charge on any atom is -0.355 e. The molecule has 0 aliphatic heterocycles. The Morgan fingerprint density at radius 1 is 0.364 bits per heavy atom. The number of benzene rings is 7. The van der Waals surface area contributed by atoms with Crippen molar-refractivity contribution in [3.8, 4) is 44.5 Å². The van der Waals surface area contributed by atoms with Gasteiger partial charge < -0.3 is 5.32 Å². The summed E-state index contributed by atoms with van der Waals surface area (Å²) in [7, 11) is 0. The Morgan fingerprint density at radius 2 is 0.864 bits per heavy atom. The van der Waals surface area contributed by atoms with E-state index in [-0.39, 0.29) is 0 Å². The van der Waals surface area contributed by atoms with Gasteiger partial charge in [0.15, 0.2) is 0 Å². The molecule has 7 aromatic carbocycles.